The maximum Gasteiger partial charge on any atom is 0.339 e. The van der Waals surface area contributed by atoms with E-state index < -0.39 is 35.3 Å². The third-order valence-corrected chi connectivity index (χ3v) is 3.81. The molecule has 26 heavy (non-hydrogen) atoms. The van der Waals surface area contributed by atoms with Gasteiger partial charge in [0.05, 0.1) is 10.6 Å². The van der Waals surface area contributed by atoms with E-state index in [0.717, 1.165) is 18.2 Å². The minimum absolute atomic E-state index is 0.0272. The third-order valence-electron chi connectivity index (χ3n) is 3.53. The molecule has 9 heteroatoms. The first-order chi connectivity index (χ1) is 12.4. The molecule has 0 saturated heterocycles. The Balaban J connectivity index is 1.69. The number of esters is 1. The predicted molar refractivity (Wildman–Crippen MR) is 87.4 cm³/mol. The molecular formula is C17H12ClF2NO5. The van der Waals surface area contributed by atoms with Crippen LogP contribution in [0.25, 0.3) is 0 Å². The molecule has 0 saturated carbocycles. The highest BCUT2D eigenvalue weighted by Crippen LogP contribution is 2.40. The van der Waals surface area contributed by atoms with Crippen molar-refractivity contribution in [2.24, 2.45) is 0 Å². The van der Waals surface area contributed by atoms with Crippen LogP contribution in [0, 0.1) is 11.6 Å². The Morgan fingerprint density at radius 1 is 1.23 bits per heavy atom. The number of ether oxygens (including phenoxy) is 3. The van der Waals surface area contributed by atoms with E-state index in [1.807, 2.05) is 0 Å². The molecule has 1 N–H and O–H groups in total. The van der Waals surface area contributed by atoms with Gasteiger partial charge in [-0.25, -0.2) is 13.6 Å². The van der Waals surface area contributed by atoms with Crippen molar-refractivity contribution < 1.29 is 32.6 Å². The lowest BCUT2D eigenvalue weighted by Gasteiger charge is -2.14. The highest BCUT2D eigenvalue weighted by atomic mass is 35.5. The van der Waals surface area contributed by atoms with E-state index in [-0.39, 0.29) is 23.1 Å². The van der Waals surface area contributed by atoms with Gasteiger partial charge >= 0.3 is 5.97 Å². The van der Waals surface area contributed by atoms with E-state index in [1.165, 1.54) is 19.1 Å². The number of benzene rings is 2. The first kappa shape index (κ1) is 17.9. The van der Waals surface area contributed by atoms with E-state index in [1.54, 1.807) is 0 Å². The normalized spacial score (nSPS) is 13.2. The summed E-state index contributed by atoms with van der Waals surface area (Å²) in [4.78, 5) is 24.2. The molecule has 0 bridgehead atoms. The van der Waals surface area contributed by atoms with Crippen LogP contribution in [0.15, 0.2) is 30.3 Å². The smallest absolute Gasteiger partial charge is 0.339 e. The highest BCUT2D eigenvalue weighted by Gasteiger charge is 2.25. The van der Waals surface area contributed by atoms with Crippen LogP contribution in [0.3, 0.4) is 0 Å². The van der Waals surface area contributed by atoms with Gasteiger partial charge in [-0.2, -0.15) is 0 Å². The largest absolute Gasteiger partial charge is 0.454 e. The summed E-state index contributed by atoms with van der Waals surface area (Å²) < 4.78 is 42.4. The van der Waals surface area contributed by atoms with Gasteiger partial charge in [-0.05, 0) is 31.2 Å². The zero-order valence-electron chi connectivity index (χ0n) is 13.3. The molecule has 1 atom stereocenters. The summed E-state index contributed by atoms with van der Waals surface area (Å²) in [5.74, 6) is -3.06. The molecule has 2 aromatic rings. The fourth-order valence-corrected chi connectivity index (χ4v) is 2.47. The first-order valence-electron chi connectivity index (χ1n) is 7.42. The van der Waals surface area contributed by atoms with Crippen molar-refractivity contribution in [3.63, 3.8) is 0 Å². The average Bonchev–Trinajstić information content (AvgIpc) is 3.07. The molecule has 0 radical (unpaired) electrons. The van der Waals surface area contributed by atoms with Gasteiger partial charge in [0.1, 0.15) is 17.3 Å². The molecule has 0 unspecified atom stereocenters. The molecule has 0 fully saturated rings. The van der Waals surface area contributed by atoms with Crippen molar-refractivity contribution in [2.75, 3.05) is 12.1 Å². The molecule has 1 heterocycles. The van der Waals surface area contributed by atoms with E-state index in [4.69, 9.17) is 25.8 Å². The SMILES string of the molecule is C[C@H](OC(=O)c1cc(Cl)c2c(c1)OCO2)C(=O)Nc1c(F)cccc1F. The standard InChI is InChI=1S/C17H12ClF2NO5/c1-8(16(22)21-14-11(19)3-2-4-12(14)20)26-17(23)9-5-10(18)15-13(6-9)24-7-25-15/h2-6,8H,7H2,1H3,(H,21,22)/t8-/m0/s1. The number of nitrogens with one attached hydrogen (secondary N) is 1. The minimum atomic E-state index is -1.31. The second-order valence-corrected chi connectivity index (χ2v) is 5.73. The molecule has 3 rings (SSSR count). The molecule has 1 amide bonds. The van der Waals surface area contributed by atoms with Crippen LogP contribution in [0.2, 0.25) is 5.02 Å². The Kier molecular flexibility index (Phi) is 4.94. The first-order valence-corrected chi connectivity index (χ1v) is 7.79. The average molecular weight is 384 g/mol. The summed E-state index contributed by atoms with van der Waals surface area (Å²) in [6.45, 7) is 1.24. The molecule has 0 aliphatic carbocycles. The van der Waals surface area contributed by atoms with Gasteiger partial charge in [0.2, 0.25) is 6.79 Å². The number of hydrogen-bond acceptors (Lipinski definition) is 5. The van der Waals surface area contributed by atoms with Crippen LogP contribution in [-0.2, 0) is 9.53 Å². The number of anilines is 1. The Labute approximate surface area is 151 Å². The number of amides is 1. The molecule has 0 aromatic heterocycles. The van der Waals surface area contributed by atoms with E-state index >= 15 is 0 Å². The Morgan fingerprint density at radius 2 is 1.92 bits per heavy atom. The van der Waals surface area contributed by atoms with E-state index in [9.17, 15) is 18.4 Å². The van der Waals surface area contributed by atoms with Crippen LogP contribution < -0.4 is 14.8 Å². The maximum absolute atomic E-state index is 13.6. The molecule has 136 valence electrons. The number of para-hydroxylation sites is 1. The Bertz CT molecular complexity index is 869. The molecule has 2 aromatic carbocycles. The quantitative estimate of drug-likeness (QED) is 0.818. The van der Waals surface area contributed by atoms with E-state index in [2.05, 4.69) is 5.32 Å². The summed E-state index contributed by atoms with van der Waals surface area (Å²) in [6.07, 6.45) is -1.31. The van der Waals surface area contributed by atoms with Crippen LogP contribution in [0.1, 0.15) is 17.3 Å². The molecule has 0 spiro atoms. The van der Waals surface area contributed by atoms with E-state index in [0.29, 0.717) is 5.75 Å². The molecule has 1 aliphatic rings. The maximum atomic E-state index is 13.6. The summed E-state index contributed by atoms with van der Waals surface area (Å²) >= 11 is 5.98. The van der Waals surface area contributed by atoms with Gasteiger partial charge < -0.3 is 19.5 Å². The van der Waals surface area contributed by atoms with Crippen molar-refractivity contribution in [1.82, 2.24) is 0 Å². The summed E-state index contributed by atoms with van der Waals surface area (Å²) in [5.41, 5.74) is -0.581. The summed E-state index contributed by atoms with van der Waals surface area (Å²) in [5, 5.41) is 2.20. The van der Waals surface area contributed by atoms with Crippen LogP contribution in [0.4, 0.5) is 14.5 Å². The van der Waals surface area contributed by atoms with Gasteiger partial charge in [0, 0.05) is 0 Å². The lowest BCUT2D eigenvalue weighted by Crippen LogP contribution is -2.30. The van der Waals surface area contributed by atoms with Gasteiger partial charge in [-0.3, -0.25) is 4.79 Å². The summed E-state index contributed by atoms with van der Waals surface area (Å²) in [6, 6.07) is 5.80. The molecule has 1 aliphatic heterocycles. The molecule has 6 nitrogen and oxygen atoms in total. The third kappa shape index (κ3) is 3.55. The predicted octanol–water partition coefficient (Wildman–Crippen LogP) is 3.53. The highest BCUT2D eigenvalue weighted by molar-refractivity contribution is 6.32. The fourth-order valence-electron chi connectivity index (χ4n) is 2.21. The lowest BCUT2D eigenvalue weighted by atomic mass is 10.2. The minimum Gasteiger partial charge on any atom is -0.454 e. The molecular weight excluding hydrogens is 372 g/mol. The number of hydrogen-bond donors (Lipinski definition) is 1. The van der Waals surface area contributed by atoms with Crippen molar-refractivity contribution in [2.45, 2.75) is 13.0 Å². The van der Waals surface area contributed by atoms with Crippen LogP contribution >= 0.6 is 11.6 Å². The number of halogens is 3. The van der Waals surface area contributed by atoms with Gasteiger partial charge in [0.15, 0.2) is 17.6 Å². The fraction of sp³-hybridized carbons (Fsp3) is 0.176. The van der Waals surface area contributed by atoms with Gasteiger partial charge in [-0.1, -0.05) is 17.7 Å². The number of carbonyl (C=O) groups is 2. The van der Waals surface area contributed by atoms with Crippen molar-refractivity contribution in [3.05, 3.63) is 52.6 Å². The van der Waals surface area contributed by atoms with Gasteiger partial charge in [-0.15, -0.1) is 0 Å². The lowest BCUT2D eigenvalue weighted by molar-refractivity contribution is -0.123. The number of carbonyl (C=O) groups excluding carboxylic acids is 2. The number of rotatable bonds is 4. The second kappa shape index (κ2) is 7.17. The summed E-state index contributed by atoms with van der Waals surface area (Å²) in [7, 11) is 0. The van der Waals surface area contributed by atoms with Crippen molar-refractivity contribution in [1.29, 1.82) is 0 Å². The van der Waals surface area contributed by atoms with Crippen LogP contribution in [0.5, 0.6) is 11.5 Å². The van der Waals surface area contributed by atoms with Crippen LogP contribution in [-0.4, -0.2) is 24.8 Å². The topological polar surface area (TPSA) is 73.9 Å². The monoisotopic (exact) mass is 383 g/mol. The zero-order chi connectivity index (χ0) is 18.8. The van der Waals surface area contributed by atoms with Gasteiger partial charge in [0.25, 0.3) is 5.91 Å². The number of fused-ring (bicyclic) bond motifs is 1. The zero-order valence-corrected chi connectivity index (χ0v) is 14.1. The van der Waals surface area contributed by atoms with Crippen molar-refractivity contribution in [3.8, 4) is 11.5 Å². The Hall–Kier alpha value is -2.87. The van der Waals surface area contributed by atoms with Crippen molar-refractivity contribution >= 4 is 29.2 Å². The Morgan fingerprint density at radius 3 is 2.62 bits per heavy atom. The second-order valence-electron chi connectivity index (χ2n) is 5.33.